The van der Waals surface area contributed by atoms with Crippen LogP contribution >= 0.6 is 23.5 Å². The van der Waals surface area contributed by atoms with Gasteiger partial charge in [-0.05, 0) is 48.9 Å². The summed E-state index contributed by atoms with van der Waals surface area (Å²) in [5.74, 6) is 3.48. The molecule has 3 aromatic carbocycles. The fraction of sp³-hybridized carbons (Fsp3) is 0.240. The summed E-state index contributed by atoms with van der Waals surface area (Å²) in [6.45, 7) is 3.39. The van der Waals surface area contributed by atoms with Gasteiger partial charge in [-0.3, -0.25) is 4.79 Å². The molecule has 0 spiro atoms. The first kappa shape index (κ1) is 22.3. The van der Waals surface area contributed by atoms with Crippen LogP contribution in [-0.4, -0.2) is 30.6 Å². The zero-order valence-electron chi connectivity index (χ0n) is 17.2. The first-order valence-electron chi connectivity index (χ1n) is 10.0. The number of carbonyl (C=O) groups excluding carboxylic acids is 1. The Balaban J connectivity index is 1.31. The van der Waals surface area contributed by atoms with Crippen molar-refractivity contribution in [1.82, 2.24) is 5.32 Å². The normalized spacial score (nSPS) is 10.6. The second-order valence-corrected chi connectivity index (χ2v) is 9.11. The van der Waals surface area contributed by atoms with Gasteiger partial charge in [-0.1, -0.05) is 48.0 Å². The van der Waals surface area contributed by atoms with E-state index in [4.69, 9.17) is 4.74 Å². The number of ether oxygens (including phenoxy) is 1. The highest BCUT2D eigenvalue weighted by molar-refractivity contribution is 7.99. The van der Waals surface area contributed by atoms with Gasteiger partial charge in [0.15, 0.2) is 0 Å². The van der Waals surface area contributed by atoms with Crippen molar-refractivity contribution in [3.8, 4) is 5.75 Å². The van der Waals surface area contributed by atoms with Gasteiger partial charge in [-0.25, -0.2) is 0 Å². The molecule has 0 aliphatic rings. The first-order valence-corrected chi connectivity index (χ1v) is 12.2. The summed E-state index contributed by atoms with van der Waals surface area (Å²) in [6, 6.07) is 26.2. The maximum atomic E-state index is 12.3. The first-order chi connectivity index (χ1) is 14.7. The van der Waals surface area contributed by atoms with Gasteiger partial charge in [-0.2, -0.15) is 11.8 Å². The van der Waals surface area contributed by atoms with Gasteiger partial charge < -0.3 is 10.1 Å². The molecule has 30 heavy (non-hydrogen) atoms. The van der Waals surface area contributed by atoms with Crippen LogP contribution in [0.15, 0.2) is 83.8 Å². The molecule has 156 valence electrons. The van der Waals surface area contributed by atoms with Crippen molar-refractivity contribution < 1.29 is 9.53 Å². The van der Waals surface area contributed by atoms with Gasteiger partial charge >= 0.3 is 0 Å². The van der Waals surface area contributed by atoms with E-state index < -0.39 is 0 Å². The third kappa shape index (κ3) is 7.81. The second-order valence-electron chi connectivity index (χ2n) is 6.83. The van der Waals surface area contributed by atoms with Crippen molar-refractivity contribution in [2.24, 2.45) is 0 Å². The number of aryl methyl sites for hydroxylation is 1. The van der Waals surface area contributed by atoms with E-state index in [1.807, 2.05) is 54.2 Å². The average Bonchev–Trinajstić information content (AvgIpc) is 2.77. The highest BCUT2D eigenvalue weighted by Gasteiger charge is 2.05. The molecule has 0 unspecified atom stereocenters. The summed E-state index contributed by atoms with van der Waals surface area (Å²) in [4.78, 5) is 13.5. The molecule has 0 heterocycles. The Morgan fingerprint density at radius 1 is 0.933 bits per heavy atom. The van der Waals surface area contributed by atoms with Gasteiger partial charge in [-0.15, -0.1) is 11.8 Å². The minimum absolute atomic E-state index is 0.0441. The van der Waals surface area contributed by atoms with Crippen LogP contribution in [0.2, 0.25) is 0 Å². The Bertz CT molecular complexity index is 914. The third-order valence-corrected chi connectivity index (χ3v) is 6.37. The molecule has 0 fully saturated rings. The van der Waals surface area contributed by atoms with Crippen molar-refractivity contribution in [3.63, 3.8) is 0 Å². The Morgan fingerprint density at radius 2 is 1.73 bits per heavy atom. The number of rotatable bonds is 11. The topological polar surface area (TPSA) is 38.3 Å². The highest BCUT2D eigenvalue weighted by Crippen LogP contribution is 2.18. The lowest BCUT2D eigenvalue weighted by atomic mass is 10.2. The summed E-state index contributed by atoms with van der Waals surface area (Å²) in [6.07, 6.45) is 0. The van der Waals surface area contributed by atoms with Crippen LogP contribution < -0.4 is 10.1 Å². The van der Waals surface area contributed by atoms with E-state index >= 15 is 0 Å². The summed E-state index contributed by atoms with van der Waals surface area (Å²) in [5, 5.41) is 2.98. The third-order valence-electron chi connectivity index (χ3n) is 4.36. The molecule has 0 saturated heterocycles. The molecular formula is C25H27NO2S2. The standard InChI is InChI=1S/C25H27NO2S2/c1-20-6-5-7-21(18-20)19-29-16-14-26-25(27)22-10-12-23(13-11-22)28-15-17-30-24-8-3-2-4-9-24/h2-13,18H,14-17,19H2,1H3,(H,26,27). The summed E-state index contributed by atoms with van der Waals surface area (Å²) < 4.78 is 5.77. The van der Waals surface area contributed by atoms with E-state index in [-0.39, 0.29) is 5.91 Å². The summed E-state index contributed by atoms with van der Waals surface area (Å²) in [7, 11) is 0. The van der Waals surface area contributed by atoms with Gasteiger partial charge in [0, 0.05) is 34.3 Å². The van der Waals surface area contributed by atoms with E-state index in [0.717, 1.165) is 23.0 Å². The zero-order valence-corrected chi connectivity index (χ0v) is 18.8. The van der Waals surface area contributed by atoms with Crippen LogP contribution in [-0.2, 0) is 5.75 Å². The fourth-order valence-electron chi connectivity index (χ4n) is 2.87. The lowest BCUT2D eigenvalue weighted by molar-refractivity contribution is 0.0956. The van der Waals surface area contributed by atoms with E-state index in [1.165, 1.54) is 16.0 Å². The molecule has 0 atom stereocenters. The van der Waals surface area contributed by atoms with E-state index in [9.17, 15) is 4.79 Å². The summed E-state index contributed by atoms with van der Waals surface area (Å²) in [5.41, 5.74) is 3.26. The minimum Gasteiger partial charge on any atom is -0.493 e. The Labute approximate surface area is 187 Å². The maximum absolute atomic E-state index is 12.3. The quantitative estimate of drug-likeness (QED) is 0.303. The van der Waals surface area contributed by atoms with Crippen molar-refractivity contribution in [1.29, 1.82) is 0 Å². The van der Waals surface area contributed by atoms with Gasteiger partial charge in [0.25, 0.3) is 5.91 Å². The zero-order chi connectivity index (χ0) is 21.0. The average molecular weight is 438 g/mol. The largest absolute Gasteiger partial charge is 0.493 e. The predicted molar refractivity (Wildman–Crippen MR) is 129 cm³/mol. The van der Waals surface area contributed by atoms with Crippen LogP contribution in [0, 0.1) is 6.92 Å². The number of carbonyl (C=O) groups is 1. The molecular weight excluding hydrogens is 410 g/mol. The van der Waals surface area contributed by atoms with Crippen molar-refractivity contribution in [3.05, 3.63) is 95.6 Å². The SMILES string of the molecule is Cc1cccc(CSCCNC(=O)c2ccc(OCCSc3ccccc3)cc2)c1. The number of amides is 1. The monoisotopic (exact) mass is 437 g/mol. The summed E-state index contributed by atoms with van der Waals surface area (Å²) >= 11 is 3.60. The number of hydrogen-bond donors (Lipinski definition) is 1. The number of nitrogens with one attached hydrogen (secondary N) is 1. The molecule has 1 N–H and O–H groups in total. The van der Waals surface area contributed by atoms with Crippen molar-refractivity contribution in [2.75, 3.05) is 24.7 Å². The molecule has 0 saturated carbocycles. The fourth-order valence-corrected chi connectivity index (χ4v) is 4.43. The predicted octanol–water partition coefficient (Wildman–Crippen LogP) is 5.83. The Morgan fingerprint density at radius 3 is 2.50 bits per heavy atom. The lowest BCUT2D eigenvalue weighted by Crippen LogP contribution is -2.25. The van der Waals surface area contributed by atoms with E-state index in [0.29, 0.717) is 18.7 Å². The van der Waals surface area contributed by atoms with Crippen LogP contribution in [0.4, 0.5) is 0 Å². The smallest absolute Gasteiger partial charge is 0.251 e. The number of hydrogen-bond acceptors (Lipinski definition) is 4. The molecule has 0 aliphatic heterocycles. The number of thioether (sulfide) groups is 2. The molecule has 3 nitrogen and oxygen atoms in total. The Kier molecular flexibility index (Phi) is 9.19. The molecule has 5 heteroatoms. The van der Waals surface area contributed by atoms with E-state index in [2.05, 4.69) is 48.6 Å². The van der Waals surface area contributed by atoms with E-state index in [1.54, 1.807) is 11.8 Å². The number of benzene rings is 3. The molecule has 0 radical (unpaired) electrons. The molecule has 0 aliphatic carbocycles. The van der Waals surface area contributed by atoms with Gasteiger partial charge in [0.1, 0.15) is 5.75 Å². The van der Waals surface area contributed by atoms with Crippen LogP contribution in [0.25, 0.3) is 0 Å². The molecule has 0 aromatic heterocycles. The molecule has 1 amide bonds. The van der Waals surface area contributed by atoms with Crippen LogP contribution in [0.5, 0.6) is 5.75 Å². The second kappa shape index (κ2) is 12.4. The van der Waals surface area contributed by atoms with Gasteiger partial charge in [0.2, 0.25) is 0 Å². The maximum Gasteiger partial charge on any atom is 0.251 e. The van der Waals surface area contributed by atoms with Crippen LogP contribution in [0.1, 0.15) is 21.5 Å². The van der Waals surface area contributed by atoms with Crippen molar-refractivity contribution >= 4 is 29.4 Å². The molecule has 3 aromatic rings. The molecule has 0 bridgehead atoms. The highest BCUT2D eigenvalue weighted by atomic mass is 32.2. The Hall–Kier alpha value is -2.37. The van der Waals surface area contributed by atoms with Crippen molar-refractivity contribution in [2.45, 2.75) is 17.6 Å². The lowest BCUT2D eigenvalue weighted by Gasteiger charge is -2.08. The van der Waals surface area contributed by atoms with Gasteiger partial charge in [0.05, 0.1) is 6.61 Å². The molecule has 3 rings (SSSR count). The minimum atomic E-state index is -0.0441. The van der Waals surface area contributed by atoms with Crippen LogP contribution in [0.3, 0.4) is 0 Å².